The molecule has 1 aliphatic heterocycles. The number of morpholine rings is 1. The largest absolute Gasteiger partial charge is 0.497 e. The molecule has 1 aliphatic rings. The number of pyridine rings is 1. The second-order valence-corrected chi connectivity index (χ2v) is 7.22. The van der Waals surface area contributed by atoms with Crippen LogP contribution in [0.3, 0.4) is 0 Å². The van der Waals surface area contributed by atoms with Gasteiger partial charge < -0.3 is 19.8 Å². The SMILES string of the molecule is COc1ccc(C(CNC(=O)c2c[nH]c3ccccc3c2=O)N2CCOCC2)cc1. The third-order valence-corrected chi connectivity index (χ3v) is 5.48. The number of carbonyl (C=O) groups excluding carboxylic acids is 1. The number of H-pyrrole nitrogens is 1. The van der Waals surface area contributed by atoms with Crippen molar-refractivity contribution in [2.45, 2.75) is 6.04 Å². The normalized spacial score (nSPS) is 15.6. The highest BCUT2D eigenvalue weighted by atomic mass is 16.5. The maximum absolute atomic E-state index is 12.8. The quantitative estimate of drug-likeness (QED) is 0.655. The lowest BCUT2D eigenvalue weighted by atomic mass is 10.0. The predicted molar refractivity (Wildman–Crippen MR) is 115 cm³/mol. The molecule has 0 saturated carbocycles. The average molecular weight is 407 g/mol. The highest BCUT2D eigenvalue weighted by Gasteiger charge is 2.24. The molecule has 0 bridgehead atoms. The van der Waals surface area contributed by atoms with Crippen molar-refractivity contribution in [1.82, 2.24) is 15.2 Å². The van der Waals surface area contributed by atoms with Crippen LogP contribution in [0.4, 0.5) is 0 Å². The van der Waals surface area contributed by atoms with Crippen LogP contribution in [0.25, 0.3) is 10.9 Å². The smallest absolute Gasteiger partial charge is 0.256 e. The van der Waals surface area contributed by atoms with Gasteiger partial charge in [-0.05, 0) is 29.8 Å². The standard InChI is InChI=1S/C23H25N3O4/c1-29-17-8-6-16(7-9-17)21(26-10-12-30-13-11-26)15-25-23(28)19-14-24-20-5-3-2-4-18(20)22(19)27/h2-9,14,21H,10-13,15H2,1H3,(H,24,27)(H,25,28). The molecule has 7 heteroatoms. The summed E-state index contributed by atoms with van der Waals surface area (Å²) in [5, 5.41) is 3.46. The summed E-state index contributed by atoms with van der Waals surface area (Å²) in [6, 6.07) is 15.0. The number of aromatic nitrogens is 1. The summed E-state index contributed by atoms with van der Waals surface area (Å²) in [6.07, 6.45) is 1.48. The highest BCUT2D eigenvalue weighted by molar-refractivity contribution is 5.97. The van der Waals surface area contributed by atoms with Crippen LogP contribution in [-0.4, -0.2) is 55.7 Å². The number of para-hydroxylation sites is 1. The highest BCUT2D eigenvalue weighted by Crippen LogP contribution is 2.23. The van der Waals surface area contributed by atoms with Crippen LogP contribution in [-0.2, 0) is 4.74 Å². The fraction of sp³-hybridized carbons (Fsp3) is 0.304. The molecule has 7 nitrogen and oxygen atoms in total. The van der Waals surface area contributed by atoms with E-state index in [1.54, 1.807) is 19.2 Å². The Morgan fingerprint density at radius 2 is 1.90 bits per heavy atom. The molecule has 1 fully saturated rings. The molecular weight excluding hydrogens is 382 g/mol. The number of fused-ring (bicyclic) bond motifs is 1. The fourth-order valence-corrected chi connectivity index (χ4v) is 3.79. The number of benzene rings is 2. The van der Waals surface area contributed by atoms with Crippen molar-refractivity contribution >= 4 is 16.8 Å². The van der Waals surface area contributed by atoms with E-state index < -0.39 is 0 Å². The first-order valence-corrected chi connectivity index (χ1v) is 10.0. The van der Waals surface area contributed by atoms with Gasteiger partial charge in [0.1, 0.15) is 11.3 Å². The number of hydrogen-bond donors (Lipinski definition) is 2. The number of amides is 1. The van der Waals surface area contributed by atoms with Crippen molar-refractivity contribution in [3.63, 3.8) is 0 Å². The molecule has 1 saturated heterocycles. The number of nitrogens with zero attached hydrogens (tertiary/aromatic N) is 1. The second-order valence-electron chi connectivity index (χ2n) is 7.22. The van der Waals surface area contributed by atoms with Crippen molar-refractivity contribution in [1.29, 1.82) is 0 Å². The third-order valence-electron chi connectivity index (χ3n) is 5.48. The topological polar surface area (TPSA) is 83.7 Å². The van der Waals surface area contributed by atoms with Gasteiger partial charge in [0.15, 0.2) is 0 Å². The molecule has 1 unspecified atom stereocenters. The minimum absolute atomic E-state index is 0.0247. The number of rotatable bonds is 6. The number of methoxy groups -OCH3 is 1. The van der Waals surface area contributed by atoms with Crippen LogP contribution in [0.1, 0.15) is 22.0 Å². The number of ether oxygens (including phenoxy) is 2. The Bertz CT molecular complexity index is 1070. The lowest BCUT2D eigenvalue weighted by Gasteiger charge is -2.35. The molecule has 4 rings (SSSR count). The van der Waals surface area contributed by atoms with Gasteiger partial charge in [0.05, 0.1) is 26.4 Å². The van der Waals surface area contributed by atoms with Crippen molar-refractivity contribution < 1.29 is 14.3 Å². The maximum atomic E-state index is 12.8. The summed E-state index contributed by atoms with van der Waals surface area (Å²) >= 11 is 0. The molecule has 2 heterocycles. The van der Waals surface area contributed by atoms with Crippen molar-refractivity contribution in [3.05, 3.63) is 76.1 Å². The Kier molecular flexibility index (Phi) is 6.11. The summed E-state index contributed by atoms with van der Waals surface area (Å²) < 4.78 is 10.7. The van der Waals surface area contributed by atoms with Gasteiger partial charge in [-0.1, -0.05) is 24.3 Å². The summed E-state index contributed by atoms with van der Waals surface area (Å²) in [6.45, 7) is 3.26. The van der Waals surface area contributed by atoms with Crippen LogP contribution < -0.4 is 15.5 Å². The Morgan fingerprint density at radius 1 is 1.17 bits per heavy atom. The van der Waals surface area contributed by atoms with E-state index in [2.05, 4.69) is 15.2 Å². The van der Waals surface area contributed by atoms with E-state index in [-0.39, 0.29) is 22.9 Å². The van der Waals surface area contributed by atoms with Crippen LogP contribution in [0, 0.1) is 0 Å². The lowest BCUT2D eigenvalue weighted by Crippen LogP contribution is -2.44. The zero-order chi connectivity index (χ0) is 20.9. The fourth-order valence-electron chi connectivity index (χ4n) is 3.79. The average Bonchev–Trinajstić information content (AvgIpc) is 2.80. The van der Waals surface area contributed by atoms with E-state index >= 15 is 0 Å². The zero-order valence-electron chi connectivity index (χ0n) is 16.9. The molecule has 0 spiro atoms. The van der Waals surface area contributed by atoms with Gasteiger partial charge in [0.2, 0.25) is 5.43 Å². The van der Waals surface area contributed by atoms with E-state index in [0.717, 1.165) is 24.4 Å². The summed E-state index contributed by atoms with van der Waals surface area (Å²) in [4.78, 5) is 30.9. The van der Waals surface area contributed by atoms with Gasteiger partial charge in [0.25, 0.3) is 5.91 Å². The van der Waals surface area contributed by atoms with Crippen molar-refractivity contribution in [2.24, 2.45) is 0 Å². The second kappa shape index (κ2) is 9.11. The summed E-state index contributed by atoms with van der Waals surface area (Å²) in [7, 11) is 1.63. The molecule has 2 aromatic carbocycles. The van der Waals surface area contributed by atoms with Crippen LogP contribution in [0.15, 0.2) is 59.5 Å². The van der Waals surface area contributed by atoms with Crippen LogP contribution in [0.5, 0.6) is 5.75 Å². The monoisotopic (exact) mass is 407 g/mol. The third kappa shape index (κ3) is 4.22. The van der Waals surface area contributed by atoms with Gasteiger partial charge in [-0.2, -0.15) is 0 Å². The number of nitrogens with one attached hydrogen (secondary N) is 2. The number of aromatic amines is 1. The van der Waals surface area contributed by atoms with Gasteiger partial charge >= 0.3 is 0 Å². The van der Waals surface area contributed by atoms with Crippen LogP contribution in [0.2, 0.25) is 0 Å². The maximum Gasteiger partial charge on any atom is 0.256 e. The molecule has 3 aromatic rings. The summed E-state index contributed by atoms with van der Waals surface area (Å²) in [5.41, 5.74) is 1.63. The van der Waals surface area contributed by atoms with E-state index in [1.165, 1.54) is 6.20 Å². The van der Waals surface area contributed by atoms with E-state index in [1.807, 2.05) is 36.4 Å². The van der Waals surface area contributed by atoms with E-state index in [0.29, 0.717) is 30.7 Å². The Balaban J connectivity index is 1.55. The Labute approximate surface area is 174 Å². The van der Waals surface area contributed by atoms with E-state index in [9.17, 15) is 9.59 Å². The zero-order valence-corrected chi connectivity index (χ0v) is 16.9. The molecule has 0 radical (unpaired) electrons. The van der Waals surface area contributed by atoms with E-state index in [4.69, 9.17) is 9.47 Å². The van der Waals surface area contributed by atoms with Crippen molar-refractivity contribution in [2.75, 3.05) is 40.0 Å². The van der Waals surface area contributed by atoms with Crippen LogP contribution >= 0.6 is 0 Å². The number of carbonyl (C=O) groups is 1. The first kappa shape index (κ1) is 20.1. The minimum Gasteiger partial charge on any atom is -0.497 e. The molecule has 2 N–H and O–H groups in total. The molecule has 156 valence electrons. The summed E-state index contributed by atoms with van der Waals surface area (Å²) in [5.74, 6) is 0.403. The number of hydrogen-bond acceptors (Lipinski definition) is 5. The lowest BCUT2D eigenvalue weighted by molar-refractivity contribution is 0.0162. The molecule has 1 aromatic heterocycles. The Hall–Kier alpha value is -3.16. The molecular formula is C23H25N3O4. The van der Waals surface area contributed by atoms with Gasteiger partial charge in [-0.15, -0.1) is 0 Å². The Morgan fingerprint density at radius 3 is 2.63 bits per heavy atom. The molecule has 0 aliphatic carbocycles. The van der Waals surface area contributed by atoms with Crippen molar-refractivity contribution in [3.8, 4) is 5.75 Å². The predicted octanol–water partition coefficient (Wildman–Crippen LogP) is 2.34. The minimum atomic E-state index is -0.381. The first-order chi connectivity index (χ1) is 14.7. The molecule has 1 atom stereocenters. The molecule has 1 amide bonds. The molecule has 30 heavy (non-hydrogen) atoms. The van der Waals surface area contributed by atoms with Gasteiger partial charge in [0, 0.05) is 36.7 Å². The first-order valence-electron chi connectivity index (χ1n) is 10.0. The van der Waals surface area contributed by atoms with Gasteiger partial charge in [-0.25, -0.2) is 0 Å². The van der Waals surface area contributed by atoms with Gasteiger partial charge in [-0.3, -0.25) is 14.5 Å².